The summed E-state index contributed by atoms with van der Waals surface area (Å²) in [6.45, 7) is 11.0. The lowest BCUT2D eigenvalue weighted by Crippen LogP contribution is -2.66. The van der Waals surface area contributed by atoms with Crippen molar-refractivity contribution in [3.8, 4) is 0 Å². The number of rotatable bonds is 7. The molecule has 202 valence electrons. The molecule has 1 aliphatic heterocycles. The van der Waals surface area contributed by atoms with Gasteiger partial charge in [0.15, 0.2) is 11.6 Å². The highest BCUT2D eigenvalue weighted by Gasteiger charge is 2.50. The molecule has 0 spiro atoms. The number of halogens is 2. The summed E-state index contributed by atoms with van der Waals surface area (Å²) in [5.74, 6) is -3.36. The highest BCUT2D eigenvalue weighted by atomic mass is 28.4. The van der Waals surface area contributed by atoms with Gasteiger partial charge in [-0.15, -0.1) is 0 Å². The van der Waals surface area contributed by atoms with Crippen molar-refractivity contribution in [3.63, 3.8) is 0 Å². The van der Waals surface area contributed by atoms with Gasteiger partial charge in [0.1, 0.15) is 0 Å². The van der Waals surface area contributed by atoms with Gasteiger partial charge in [0.05, 0.1) is 30.1 Å². The van der Waals surface area contributed by atoms with Crippen molar-refractivity contribution in [2.24, 2.45) is 5.73 Å². The summed E-state index contributed by atoms with van der Waals surface area (Å²) in [6.07, 6.45) is -0.357. The fourth-order valence-electron chi connectivity index (χ4n) is 5.61. The number of hydrogen-bond acceptors (Lipinski definition) is 4. The number of carbonyl (C=O) groups is 1. The zero-order valence-corrected chi connectivity index (χ0v) is 23.6. The van der Waals surface area contributed by atoms with Crippen LogP contribution in [0.5, 0.6) is 0 Å². The van der Waals surface area contributed by atoms with Gasteiger partial charge in [0.25, 0.3) is 14.2 Å². The third-order valence-corrected chi connectivity index (χ3v) is 12.1. The van der Waals surface area contributed by atoms with Gasteiger partial charge in [-0.2, -0.15) is 0 Å². The van der Waals surface area contributed by atoms with Crippen LogP contribution in [0, 0.1) is 11.6 Å². The Morgan fingerprint density at radius 3 is 1.92 bits per heavy atom. The predicted octanol–water partition coefficient (Wildman–Crippen LogP) is 4.75. The normalized spacial score (nSPS) is 18.4. The average Bonchev–Trinajstić information content (AvgIpc) is 2.86. The standard InChI is InChI=1S/C30H36F2N2O3Si/c1-20-17-34(18-21(2)37-20)28-22(16-25(29(33)35)26(31)27(28)32)19-36-38(30(3,4)5,23-12-8-6-9-13-23)24-14-10-7-11-15-24/h6-16,20-21H,17-19H2,1-5H3,(H2,33,35). The molecule has 5 nitrogen and oxygen atoms in total. The van der Waals surface area contributed by atoms with Gasteiger partial charge < -0.3 is 19.8 Å². The number of amides is 1. The first-order valence-corrected chi connectivity index (χ1v) is 14.8. The third kappa shape index (κ3) is 5.25. The lowest BCUT2D eigenvalue weighted by molar-refractivity contribution is -0.00553. The Morgan fingerprint density at radius 1 is 0.974 bits per heavy atom. The van der Waals surface area contributed by atoms with E-state index in [0.717, 1.165) is 10.4 Å². The van der Waals surface area contributed by atoms with E-state index in [9.17, 15) is 4.79 Å². The van der Waals surface area contributed by atoms with Crippen LogP contribution in [0.2, 0.25) is 5.04 Å². The molecule has 0 saturated carbocycles. The van der Waals surface area contributed by atoms with E-state index in [2.05, 4.69) is 45.0 Å². The Labute approximate surface area is 224 Å². The molecule has 38 heavy (non-hydrogen) atoms. The second-order valence-electron chi connectivity index (χ2n) is 11.0. The molecule has 1 fully saturated rings. The minimum Gasteiger partial charge on any atom is -0.403 e. The maximum absolute atomic E-state index is 15.7. The lowest BCUT2D eigenvalue weighted by Gasteiger charge is -2.43. The van der Waals surface area contributed by atoms with Crippen LogP contribution in [0.25, 0.3) is 0 Å². The van der Waals surface area contributed by atoms with Crippen molar-refractivity contribution >= 4 is 30.3 Å². The molecular weight excluding hydrogens is 502 g/mol. The first kappa shape index (κ1) is 27.9. The van der Waals surface area contributed by atoms with Crippen LogP contribution in [0.4, 0.5) is 14.5 Å². The van der Waals surface area contributed by atoms with Crippen LogP contribution in [0.1, 0.15) is 50.5 Å². The van der Waals surface area contributed by atoms with E-state index in [-0.39, 0.29) is 29.5 Å². The Bertz CT molecular complexity index is 1230. The number of benzene rings is 3. The maximum atomic E-state index is 15.7. The summed E-state index contributed by atoms with van der Waals surface area (Å²) in [5.41, 5.74) is 5.43. The van der Waals surface area contributed by atoms with Crippen LogP contribution < -0.4 is 21.0 Å². The number of hydrogen-bond donors (Lipinski definition) is 1. The molecule has 1 aliphatic rings. The van der Waals surface area contributed by atoms with Crippen molar-refractivity contribution in [3.05, 3.63) is 89.5 Å². The van der Waals surface area contributed by atoms with Gasteiger partial charge in [-0.05, 0) is 35.3 Å². The average molecular weight is 539 g/mol. The first-order chi connectivity index (χ1) is 18.0. The molecule has 2 N–H and O–H groups in total. The number of primary amides is 1. The first-order valence-electron chi connectivity index (χ1n) is 12.9. The molecule has 1 amide bonds. The molecule has 2 unspecified atom stereocenters. The van der Waals surface area contributed by atoms with Crippen LogP contribution in [-0.4, -0.2) is 39.5 Å². The number of anilines is 1. The second kappa shape index (κ2) is 11.0. The quantitative estimate of drug-likeness (QED) is 0.441. The Hall–Kier alpha value is -3.07. The van der Waals surface area contributed by atoms with E-state index in [1.807, 2.05) is 50.2 Å². The molecule has 0 bridgehead atoms. The molecule has 3 aromatic rings. The molecule has 1 saturated heterocycles. The predicted molar refractivity (Wildman–Crippen MR) is 150 cm³/mol. The van der Waals surface area contributed by atoms with Gasteiger partial charge >= 0.3 is 0 Å². The Kier molecular flexibility index (Phi) is 8.06. The summed E-state index contributed by atoms with van der Waals surface area (Å²) >= 11 is 0. The van der Waals surface area contributed by atoms with Crippen LogP contribution in [0.3, 0.4) is 0 Å². The molecule has 1 heterocycles. The zero-order chi connectivity index (χ0) is 27.7. The van der Waals surface area contributed by atoms with Gasteiger partial charge in [-0.1, -0.05) is 81.4 Å². The van der Waals surface area contributed by atoms with Crippen molar-refractivity contribution < 1.29 is 22.7 Å². The molecule has 0 radical (unpaired) electrons. The van der Waals surface area contributed by atoms with Crippen LogP contribution >= 0.6 is 0 Å². The molecule has 0 aliphatic carbocycles. The minimum absolute atomic E-state index is 0.0276. The maximum Gasteiger partial charge on any atom is 0.261 e. The zero-order valence-electron chi connectivity index (χ0n) is 22.6. The molecule has 3 aromatic carbocycles. The fraction of sp³-hybridized carbons (Fsp3) is 0.367. The smallest absolute Gasteiger partial charge is 0.261 e. The Balaban J connectivity index is 1.88. The highest BCUT2D eigenvalue weighted by molar-refractivity contribution is 6.99. The Morgan fingerprint density at radius 2 is 1.47 bits per heavy atom. The molecule has 0 aromatic heterocycles. The van der Waals surface area contributed by atoms with E-state index in [1.165, 1.54) is 6.07 Å². The fourth-order valence-corrected chi connectivity index (χ4v) is 10.1. The van der Waals surface area contributed by atoms with E-state index in [1.54, 1.807) is 4.90 Å². The molecule has 8 heteroatoms. The van der Waals surface area contributed by atoms with Crippen LogP contribution in [0.15, 0.2) is 66.7 Å². The number of ether oxygens (including phenoxy) is 1. The van der Waals surface area contributed by atoms with Gasteiger partial charge in [0, 0.05) is 18.7 Å². The molecule has 2 atom stereocenters. The molecular formula is C30H36F2N2O3Si. The SMILES string of the molecule is CC1CN(c2c(CO[Si](c3ccccc3)(c3ccccc3)C(C)(C)C)cc(C(N)=O)c(F)c2F)CC(C)O1. The monoisotopic (exact) mass is 538 g/mol. The largest absolute Gasteiger partial charge is 0.403 e. The van der Waals surface area contributed by atoms with E-state index in [0.29, 0.717) is 18.7 Å². The van der Waals surface area contributed by atoms with Crippen molar-refractivity contribution in [2.75, 3.05) is 18.0 Å². The van der Waals surface area contributed by atoms with E-state index < -0.39 is 31.4 Å². The number of nitrogens with two attached hydrogens (primary N) is 1. The minimum atomic E-state index is -2.98. The summed E-state index contributed by atoms with van der Waals surface area (Å²) in [4.78, 5) is 13.9. The van der Waals surface area contributed by atoms with E-state index >= 15 is 8.78 Å². The van der Waals surface area contributed by atoms with Crippen LogP contribution in [-0.2, 0) is 15.8 Å². The molecule has 4 rings (SSSR count). The number of morpholine rings is 1. The summed E-state index contributed by atoms with van der Waals surface area (Å²) in [7, 11) is -2.98. The number of carbonyl (C=O) groups excluding carboxylic acids is 1. The number of nitrogens with zero attached hydrogens (tertiary/aromatic N) is 1. The third-order valence-electron chi connectivity index (χ3n) is 7.12. The summed E-state index contributed by atoms with van der Waals surface area (Å²) in [6, 6.07) is 21.5. The van der Waals surface area contributed by atoms with Crippen molar-refractivity contribution in [1.29, 1.82) is 0 Å². The topological polar surface area (TPSA) is 64.8 Å². The summed E-state index contributed by atoms with van der Waals surface area (Å²) in [5, 5.41) is 1.81. The lowest BCUT2D eigenvalue weighted by atomic mass is 10.0. The second-order valence-corrected chi connectivity index (χ2v) is 15.3. The van der Waals surface area contributed by atoms with Gasteiger partial charge in [0.2, 0.25) is 0 Å². The van der Waals surface area contributed by atoms with E-state index in [4.69, 9.17) is 14.9 Å². The van der Waals surface area contributed by atoms with Gasteiger partial charge in [-0.3, -0.25) is 4.79 Å². The highest BCUT2D eigenvalue weighted by Crippen LogP contribution is 2.39. The summed E-state index contributed by atoms with van der Waals surface area (Å²) < 4.78 is 43.6. The van der Waals surface area contributed by atoms with Crippen molar-refractivity contribution in [2.45, 2.75) is 58.5 Å². The van der Waals surface area contributed by atoms with Gasteiger partial charge in [-0.25, -0.2) is 8.78 Å². The van der Waals surface area contributed by atoms with Crippen molar-refractivity contribution in [1.82, 2.24) is 0 Å².